The van der Waals surface area contributed by atoms with Crippen LogP contribution >= 0.6 is 0 Å². The van der Waals surface area contributed by atoms with Crippen LogP contribution in [0.5, 0.6) is 0 Å². The number of likely N-dealkylation sites (N-methyl/N-ethyl adjacent to an activating group) is 1. The van der Waals surface area contributed by atoms with Crippen LogP contribution in [0.3, 0.4) is 0 Å². The zero-order chi connectivity index (χ0) is 17.3. The number of aromatic nitrogens is 1. The molecule has 1 aliphatic carbocycles. The predicted octanol–water partition coefficient (Wildman–Crippen LogP) is 2.46. The Balaban J connectivity index is 1.29. The van der Waals surface area contributed by atoms with Crippen molar-refractivity contribution in [2.75, 3.05) is 26.7 Å². The number of amides is 1. The minimum atomic E-state index is -0.00966. The van der Waals surface area contributed by atoms with Gasteiger partial charge in [0.25, 0.3) is 0 Å². The predicted molar refractivity (Wildman–Crippen MR) is 95.9 cm³/mol. The third-order valence-electron chi connectivity index (χ3n) is 6.41. The van der Waals surface area contributed by atoms with E-state index in [1.54, 1.807) is 0 Å². The van der Waals surface area contributed by atoms with Crippen molar-refractivity contribution >= 4 is 5.91 Å². The Labute approximate surface area is 150 Å². The first-order valence-electron chi connectivity index (χ1n) is 9.67. The van der Waals surface area contributed by atoms with E-state index >= 15 is 0 Å². The molecule has 25 heavy (non-hydrogen) atoms. The van der Waals surface area contributed by atoms with Gasteiger partial charge in [0.2, 0.25) is 5.91 Å². The number of hydrogen-bond acceptors (Lipinski definition) is 4. The van der Waals surface area contributed by atoms with Gasteiger partial charge in [-0.1, -0.05) is 12.5 Å². The molecule has 5 heteroatoms. The van der Waals surface area contributed by atoms with Gasteiger partial charge in [-0.25, -0.2) is 0 Å². The summed E-state index contributed by atoms with van der Waals surface area (Å²) in [5.74, 6) is 0.709. The minimum Gasteiger partial charge on any atom is -0.373 e. The molecule has 3 fully saturated rings. The lowest BCUT2D eigenvalue weighted by atomic mass is 9.82. The molecule has 1 amide bonds. The first kappa shape index (κ1) is 17.0. The first-order chi connectivity index (χ1) is 12.2. The van der Waals surface area contributed by atoms with Gasteiger partial charge < -0.3 is 9.64 Å². The molecule has 0 aromatic carbocycles. The summed E-state index contributed by atoms with van der Waals surface area (Å²) in [7, 11) is 2.18. The van der Waals surface area contributed by atoms with Gasteiger partial charge in [-0.3, -0.25) is 14.7 Å². The molecule has 1 aromatic heterocycles. The maximum Gasteiger partial charge on any atom is 0.225 e. The van der Waals surface area contributed by atoms with Crippen LogP contribution in [-0.2, 0) is 16.1 Å². The molecule has 1 unspecified atom stereocenters. The van der Waals surface area contributed by atoms with Crippen LogP contribution in [0.25, 0.3) is 0 Å². The molecule has 1 atom stereocenters. The summed E-state index contributed by atoms with van der Waals surface area (Å²) in [6.07, 6.45) is 10.2. The lowest BCUT2D eigenvalue weighted by molar-refractivity contribution is -0.142. The van der Waals surface area contributed by atoms with E-state index in [9.17, 15) is 4.79 Å². The number of hydrogen-bond donors (Lipinski definition) is 0. The van der Waals surface area contributed by atoms with Crippen molar-refractivity contribution in [1.29, 1.82) is 0 Å². The van der Waals surface area contributed by atoms with E-state index in [0.717, 1.165) is 58.3 Å². The third-order valence-corrected chi connectivity index (χ3v) is 6.41. The molecule has 2 aliphatic heterocycles. The Morgan fingerprint density at radius 1 is 1.40 bits per heavy atom. The number of likely N-dealkylation sites (tertiary alicyclic amines) is 1. The quantitative estimate of drug-likeness (QED) is 0.842. The second-order valence-electron chi connectivity index (χ2n) is 8.08. The standard InChI is InChI=1S/C20H29N3O2/c1-22(14-16-4-3-9-21-13-16)18-12-20(25-15-18)7-10-23(11-8-20)19(24)17-5-2-6-17/h3-4,9,13,17-18H,2,5-8,10-12,14-15H2,1H3. The molecule has 0 N–H and O–H groups in total. The molecule has 1 aromatic rings. The summed E-state index contributed by atoms with van der Waals surface area (Å²) in [6.45, 7) is 3.44. The Morgan fingerprint density at radius 2 is 2.20 bits per heavy atom. The first-order valence-corrected chi connectivity index (χ1v) is 9.67. The summed E-state index contributed by atoms with van der Waals surface area (Å²) in [5, 5.41) is 0. The van der Waals surface area contributed by atoms with Gasteiger partial charge in [-0.2, -0.15) is 0 Å². The molecular formula is C20H29N3O2. The molecular weight excluding hydrogens is 314 g/mol. The number of ether oxygens (including phenoxy) is 1. The lowest BCUT2D eigenvalue weighted by Gasteiger charge is -2.41. The number of pyridine rings is 1. The zero-order valence-corrected chi connectivity index (χ0v) is 15.2. The van der Waals surface area contributed by atoms with Crippen molar-refractivity contribution in [2.45, 2.75) is 56.7 Å². The van der Waals surface area contributed by atoms with Crippen LogP contribution in [0, 0.1) is 5.92 Å². The largest absolute Gasteiger partial charge is 0.373 e. The monoisotopic (exact) mass is 343 g/mol. The van der Waals surface area contributed by atoms with Crippen LogP contribution in [0.4, 0.5) is 0 Å². The van der Waals surface area contributed by atoms with E-state index in [4.69, 9.17) is 4.74 Å². The number of rotatable bonds is 4. The molecule has 1 spiro atoms. The second-order valence-corrected chi connectivity index (χ2v) is 8.08. The van der Waals surface area contributed by atoms with Crippen molar-refractivity contribution in [1.82, 2.24) is 14.8 Å². The zero-order valence-electron chi connectivity index (χ0n) is 15.2. The topological polar surface area (TPSA) is 45.7 Å². The van der Waals surface area contributed by atoms with Crippen molar-refractivity contribution < 1.29 is 9.53 Å². The molecule has 3 aliphatic rings. The van der Waals surface area contributed by atoms with Crippen molar-refractivity contribution in [3.05, 3.63) is 30.1 Å². The van der Waals surface area contributed by atoms with Gasteiger partial charge >= 0.3 is 0 Å². The molecule has 0 radical (unpaired) electrons. The van der Waals surface area contributed by atoms with E-state index in [0.29, 0.717) is 17.9 Å². The van der Waals surface area contributed by atoms with Crippen molar-refractivity contribution in [3.63, 3.8) is 0 Å². The van der Waals surface area contributed by atoms with Crippen molar-refractivity contribution in [3.8, 4) is 0 Å². The Bertz CT molecular complexity index is 594. The van der Waals surface area contributed by atoms with Gasteiger partial charge in [0.15, 0.2) is 0 Å². The minimum absolute atomic E-state index is 0.00966. The number of nitrogens with zero attached hydrogens (tertiary/aromatic N) is 3. The molecule has 4 rings (SSSR count). The highest BCUT2D eigenvalue weighted by atomic mass is 16.5. The number of piperidine rings is 1. The molecule has 2 saturated heterocycles. The van der Waals surface area contributed by atoms with E-state index in [2.05, 4.69) is 27.9 Å². The summed E-state index contributed by atoms with van der Waals surface area (Å²) in [4.78, 5) is 21.1. The fourth-order valence-corrected chi connectivity index (χ4v) is 4.41. The molecule has 136 valence electrons. The van der Waals surface area contributed by atoms with E-state index in [1.165, 1.54) is 12.0 Å². The Morgan fingerprint density at radius 3 is 2.84 bits per heavy atom. The van der Waals surface area contributed by atoms with E-state index in [-0.39, 0.29) is 5.60 Å². The average Bonchev–Trinajstić information content (AvgIpc) is 2.99. The van der Waals surface area contributed by atoms with Crippen LogP contribution < -0.4 is 0 Å². The third kappa shape index (κ3) is 3.58. The molecule has 1 saturated carbocycles. The van der Waals surface area contributed by atoms with Gasteiger partial charge in [0.05, 0.1) is 12.2 Å². The lowest BCUT2D eigenvalue weighted by Crippen LogP contribution is -2.49. The average molecular weight is 343 g/mol. The van der Waals surface area contributed by atoms with Crippen LogP contribution in [0.15, 0.2) is 24.5 Å². The van der Waals surface area contributed by atoms with Gasteiger partial charge in [0, 0.05) is 44.0 Å². The van der Waals surface area contributed by atoms with Gasteiger partial charge in [0.1, 0.15) is 0 Å². The van der Waals surface area contributed by atoms with Crippen LogP contribution in [0.1, 0.15) is 44.1 Å². The summed E-state index contributed by atoms with van der Waals surface area (Å²) in [5.41, 5.74) is 1.23. The molecule has 3 heterocycles. The fraction of sp³-hybridized carbons (Fsp3) is 0.700. The highest BCUT2D eigenvalue weighted by molar-refractivity contribution is 5.79. The second kappa shape index (κ2) is 7.04. The summed E-state index contributed by atoms with van der Waals surface area (Å²) < 4.78 is 6.29. The SMILES string of the molecule is CN(Cc1cccnc1)C1COC2(CCN(C(=O)C3CCC3)CC2)C1. The van der Waals surface area contributed by atoms with E-state index in [1.807, 2.05) is 18.5 Å². The normalized spacial score (nSPS) is 26.2. The van der Waals surface area contributed by atoms with Crippen molar-refractivity contribution in [2.24, 2.45) is 5.92 Å². The molecule has 0 bridgehead atoms. The van der Waals surface area contributed by atoms with Gasteiger partial charge in [-0.05, 0) is 50.8 Å². The summed E-state index contributed by atoms with van der Waals surface area (Å²) >= 11 is 0. The Kier molecular flexibility index (Phi) is 4.78. The van der Waals surface area contributed by atoms with Crippen LogP contribution in [-0.4, -0.2) is 59.1 Å². The number of carbonyl (C=O) groups is 1. The highest BCUT2D eigenvalue weighted by Gasteiger charge is 2.45. The fourth-order valence-electron chi connectivity index (χ4n) is 4.41. The van der Waals surface area contributed by atoms with E-state index < -0.39 is 0 Å². The smallest absolute Gasteiger partial charge is 0.225 e. The van der Waals surface area contributed by atoms with Gasteiger partial charge in [-0.15, -0.1) is 0 Å². The summed E-state index contributed by atoms with van der Waals surface area (Å²) in [6, 6.07) is 4.57. The maximum absolute atomic E-state index is 12.4. The number of carbonyl (C=O) groups excluding carboxylic acids is 1. The molecule has 5 nitrogen and oxygen atoms in total. The highest BCUT2D eigenvalue weighted by Crippen LogP contribution is 2.39. The maximum atomic E-state index is 12.4. The van der Waals surface area contributed by atoms with Crippen LogP contribution in [0.2, 0.25) is 0 Å². The Hall–Kier alpha value is -1.46.